The van der Waals surface area contributed by atoms with Crippen LogP contribution in [0.2, 0.25) is 0 Å². The van der Waals surface area contributed by atoms with Gasteiger partial charge in [0, 0.05) is 36.3 Å². The highest BCUT2D eigenvalue weighted by Crippen LogP contribution is 2.33. The number of nitrogens with zero attached hydrogens (tertiary/aromatic N) is 1. The van der Waals surface area contributed by atoms with Gasteiger partial charge in [-0.25, -0.2) is 0 Å². The van der Waals surface area contributed by atoms with Gasteiger partial charge in [0.05, 0.1) is 6.54 Å². The lowest BCUT2D eigenvalue weighted by Gasteiger charge is -2.29. The van der Waals surface area contributed by atoms with Crippen molar-refractivity contribution in [3.8, 4) is 5.75 Å². The summed E-state index contributed by atoms with van der Waals surface area (Å²) in [6.07, 6.45) is 0.484. The SMILES string of the molecule is O=C1CCC(N2Cc3c(OCC(=O)Nc4ccc5c(c4)CNC5)cccc3C2=O)C(=O)N1. The molecular formula is C23H22N4O5. The highest BCUT2D eigenvalue weighted by Gasteiger charge is 2.40. The first-order valence-corrected chi connectivity index (χ1v) is 10.5. The number of rotatable bonds is 5. The third-order valence-corrected chi connectivity index (χ3v) is 6.02. The monoisotopic (exact) mass is 434 g/mol. The molecule has 0 radical (unpaired) electrons. The molecule has 1 atom stereocenters. The number of piperidine rings is 1. The third-order valence-electron chi connectivity index (χ3n) is 6.02. The van der Waals surface area contributed by atoms with Crippen LogP contribution in [0.4, 0.5) is 5.69 Å². The highest BCUT2D eigenvalue weighted by atomic mass is 16.5. The van der Waals surface area contributed by atoms with Crippen LogP contribution in [-0.4, -0.2) is 41.2 Å². The molecule has 9 nitrogen and oxygen atoms in total. The van der Waals surface area contributed by atoms with E-state index >= 15 is 0 Å². The Kier molecular flexibility index (Phi) is 5.10. The van der Waals surface area contributed by atoms with Crippen LogP contribution in [0.15, 0.2) is 36.4 Å². The van der Waals surface area contributed by atoms with Crippen LogP contribution in [0.1, 0.15) is 39.9 Å². The van der Waals surface area contributed by atoms with E-state index in [1.165, 1.54) is 10.5 Å². The van der Waals surface area contributed by atoms with E-state index in [0.717, 1.165) is 18.7 Å². The average molecular weight is 434 g/mol. The normalized spacial score (nSPS) is 19.4. The molecule has 0 aromatic heterocycles. The van der Waals surface area contributed by atoms with E-state index < -0.39 is 11.9 Å². The van der Waals surface area contributed by atoms with Gasteiger partial charge in [-0.3, -0.25) is 24.5 Å². The Morgan fingerprint density at radius 1 is 1.12 bits per heavy atom. The first-order chi connectivity index (χ1) is 15.5. The first-order valence-electron chi connectivity index (χ1n) is 10.5. The molecule has 5 rings (SSSR count). The molecule has 32 heavy (non-hydrogen) atoms. The fourth-order valence-electron chi connectivity index (χ4n) is 4.41. The molecule has 1 fully saturated rings. The number of ether oxygens (including phenoxy) is 1. The predicted molar refractivity (Wildman–Crippen MR) is 114 cm³/mol. The second-order valence-electron chi connectivity index (χ2n) is 8.11. The van der Waals surface area contributed by atoms with Gasteiger partial charge in [0.1, 0.15) is 11.8 Å². The second kappa shape index (κ2) is 8.08. The van der Waals surface area contributed by atoms with Crippen molar-refractivity contribution in [3.05, 3.63) is 58.7 Å². The molecule has 0 aliphatic carbocycles. The third kappa shape index (κ3) is 3.71. The van der Waals surface area contributed by atoms with Crippen LogP contribution in [0, 0.1) is 0 Å². The molecule has 2 aromatic rings. The number of nitrogens with one attached hydrogen (secondary N) is 3. The Hall–Kier alpha value is -3.72. The lowest BCUT2D eigenvalue weighted by Crippen LogP contribution is -2.52. The summed E-state index contributed by atoms with van der Waals surface area (Å²) in [5.74, 6) is -0.950. The summed E-state index contributed by atoms with van der Waals surface area (Å²) in [5.41, 5.74) is 4.18. The Balaban J connectivity index is 1.25. The molecule has 3 N–H and O–H groups in total. The molecule has 3 aliphatic heterocycles. The second-order valence-corrected chi connectivity index (χ2v) is 8.11. The van der Waals surface area contributed by atoms with Crippen molar-refractivity contribution in [1.29, 1.82) is 0 Å². The molecule has 1 saturated heterocycles. The zero-order valence-electron chi connectivity index (χ0n) is 17.3. The lowest BCUT2D eigenvalue weighted by atomic mass is 10.0. The summed E-state index contributed by atoms with van der Waals surface area (Å²) in [7, 11) is 0. The number of carbonyl (C=O) groups is 4. The molecule has 164 valence electrons. The van der Waals surface area contributed by atoms with E-state index in [2.05, 4.69) is 16.0 Å². The van der Waals surface area contributed by atoms with E-state index in [0.29, 0.717) is 29.0 Å². The molecule has 0 spiro atoms. The summed E-state index contributed by atoms with van der Waals surface area (Å²) >= 11 is 0. The standard InChI is InChI=1S/C23H22N4O5/c28-20-7-6-18(22(30)26-20)27-11-17-16(23(27)31)2-1-3-19(17)32-12-21(29)25-15-5-4-13-9-24-10-14(13)8-15/h1-5,8,18,24H,6-7,9-12H2,(H,25,29)(H,26,28,30). The van der Waals surface area contributed by atoms with E-state index in [1.807, 2.05) is 18.2 Å². The van der Waals surface area contributed by atoms with Crippen molar-refractivity contribution in [2.75, 3.05) is 11.9 Å². The lowest BCUT2D eigenvalue weighted by molar-refractivity contribution is -0.137. The minimum Gasteiger partial charge on any atom is -0.483 e. The number of anilines is 1. The molecule has 3 aliphatic rings. The zero-order valence-corrected chi connectivity index (χ0v) is 17.3. The topological polar surface area (TPSA) is 117 Å². The number of hydrogen-bond donors (Lipinski definition) is 3. The van der Waals surface area contributed by atoms with Crippen LogP contribution in [0.3, 0.4) is 0 Å². The molecule has 2 aromatic carbocycles. The Morgan fingerprint density at radius 2 is 1.97 bits per heavy atom. The summed E-state index contributed by atoms with van der Waals surface area (Å²) in [5, 5.41) is 8.39. The van der Waals surface area contributed by atoms with Gasteiger partial charge >= 0.3 is 0 Å². The van der Waals surface area contributed by atoms with Gasteiger partial charge in [0.15, 0.2) is 6.61 Å². The van der Waals surface area contributed by atoms with E-state index in [9.17, 15) is 19.2 Å². The van der Waals surface area contributed by atoms with Gasteiger partial charge in [0.2, 0.25) is 11.8 Å². The fraction of sp³-hybridized carbons (Fsp3) is 0.304. The van der Waals surface area contributed by atoms with Crippen LogP contribution < -0.4 is 20.7 Å². The van der Waals surface area contributed by atoms with E-state index in [-0.39, 0.29) is 37.3 Å². The maximum atomic E-state index is 12.9. The Morgan fingerprint density at radius 3 is 2.81 bits per heavy atom. The molecule has 9 heteroatoms. The van der Waals surface area contributed by atoms with Crippen molar-refractivity contribution in [3.63, 3.8) is 0 Å². The van der Waals surface area contributed by atoms with Crippen LogP contribution in [0.5, 0.6) is 5.75 Å². The van der Waals surface area contributed by atoms with Gasteiger partial charge in [-0.05, 0) is 41.8 Å². The molecular weight excluding hydrogens is 412 g/mol. The zero-order chi connectivity index (χ0) is 22.2. The van der Waals surface area contributed by atoms with Crippen LogP contribution >= 0.6 is 0 Å². The number of fused-ring (bicyclic) bond motifs is 2. The number of hydrogen-bond acceptors (Lipinski definition) is 6. The van der Waals surface area contributed by atoms with Crippen LogP contribution in [0.25, 0.3) is 0 Å². The number of imide groups is 1. The largest absolute Gasteiger partial charge is 0.483 e. The Labute approximate surface area is 184 Å². The van der Waals surface area contributed by atoms with Crippen molar-refractivity contribution >= 4 is 29.3 Å². The maximum absolute atomic E-state index is 12.9. The minimum atomic E-state index is -0.696. The molecule has 4 amide bonds. The van der Waals surface area contributed by atoms with Gasteiger partial charge in [-0.15, -0.1) is 0 Å². The summed E-state index contributed by atoms with van der Waals surface area (Å²) in [4.78, 5) is 50.4. The maximum Gasteiger partial charge on any atom is 0.262 e. The molecule has 3 heterocycles. The van der Waals surface area contributed by atoms with Crippen molar-refractivity contribution in [2.45, 2.75) is 38.5 Å². The van der Waals surface area contributed by atoms with Gasteiger partial charge in [0.25, 0.3) is 11.8 Å². The quantitative estimate of drug-likeness (QED) is 0.606. The van der Waals surface area contributed by atoms with Gasteiger partial charge in [-0.2, -0.15) is 0 Å². The van der Waals surface area contributed by atoms with Gasteiger partial charge < -0.3 is 20.3 Å². The number of amides is 4. The fourth-order valence-corrected chi connectivity index (χ4v) is 4.41. The predicted octanol–water partition coefficient (Wildman–Crippen LogP) is 1.07. The Bertz CT molecular complexity index is 1150. The minimum absolute atomic E-state index is 0.191. The molecule has 0 bridgehead atoms. The summed E-state index contributed by atoms with van der Waals surface area (Å²) in [6, 6.07) is 10.2. The van der Waals surface area contributed by atoms with Gasteiger partial charge in [-0.1, -0.05) is 12.1 Å². The van der Waals surface area contributed by atoms with Crippen molar-refractivity contribution < 1.29 is 23.9 Å². The average Bonchev–Trinajstić information content (AvgIpc) is 3.37. The number of benzene rings is 2. The smallest absolute Gasteiger partial charge is 0.262 e. The van der Waals surface area contributed by atoms with E-state index in [1.54, 1.807) is 18.2 Å². The summed E-state index contributed by atoms with van der Waals surface area (Å²) < 4.78 is 5.75. The van der Waals surface area contributed by atoms with Crippen molar-refractivity contribution in [2.24, 2.45) is 0 Å². The molecule has 1 unspecified atom stereocenters. The van der Waals surface area contributed by atoms with E-state index in [4.69, 9.17) is 4.74 Å². The van der Waals surface area contributed by atoms with Crippen molar-refractivity contribution in [1.82, 2.24) is 15.5 Å². The first kappa shape index (κ1) is 20.2. The summed E-state index contributed by atoms with van der Waals surface area (Å²) in [6.45, 7) is 1.60. The highest BCUT2D eigenvalue weighted by molar-refractivity contribution is 6.05. The van der Waals surface area contributed by atoms with Crippen LogP contribution in [-0.2, 0) is 34.0 Å². The number of carbonyl (C=O) groups excluding carboxylic acids is 4. The molecule has 0 saturated carbocycles.